The second-order valence-corrected chi connectivity index (χ2v) is 2.34. The zero-order valence-electron chi connectivity index (χ0n) is 6.51. The van der Waals surface area contributed by atoms with Crippen molar-refractivity contribution < 1.29 is 8.78 Å². The van der Waals surface area contributed by atoms with Gasteiger partial charge in [0, 0.05) is 0 Å². The Hall–Kier alpha value is -1.94. The van der Waals surface area contributed by atoms with E-state index in [1.165, 1.54) is 12.1 Å². The van der Waals surface area contributed by atoms with Gasteiger partial charge in [0.1, 0.15) is 6.07 Å². The van der Waals surface area contributed by atoms with Crippen LogP contribution in [0.2, 0.25) is 0 Å². The van der Waals surface area contributed by atoms with Crippen molar-refractivity contribution in [3.8, 4) is 12.1 Å². The quantitative estimate of drug-likeness (QED) is 0.659. The average molecular weight is 178 g/mol. The van der Waals surface area contributed by atoms with Gasteiger partial charge in [-0.15, -0.1) is 0 Å². The maximum atomic E-state index is 12.9. The predicted octanol–water partition coefficient (Wildman–Crippen LogP) is 1.90. The lowest BCUT2D eigenvalue weighted by Gasteiger charge is -2.00. The van der Waals surface area contributed by atoms with Gasteiger partial charge in [-0.3, -0.25) is 0 Å². The van der Waals surface area contributed by atoms with Crippen molar-refractivity contribution >= 4 is 0 Å². The molecule has 64 valence electrons. The van der Waals surface area contributed by atoms with Gasteiger partial charge in [0.2, 0.25) is 0 Å². The van der Waals surface area contributed by atoms with Gasteiger partial charge in [-0.05, 0) is 11.6 Å². The van der Waals surface area contributed by atoms with E-state index in [4.69, 9.17) is 10.5 Å². The summed E-state index contributed by atoms with van der Waals surface area (Å²) in [5.74, 6) is -2.26. The zero-order valence-corrected chi connectivity index (χ0v) is 6.51. The van der Waals surface area contributed by atoms with Crippen LogP contribution in [0.4, 0.5) is 8.78 Å². The third kappa shape index (κ3) is 1.62. The van der Waals surface area contributed by atoms with E-state index in [2.05, 4.69) is 0 Å². The number of benzene rings is 1. The molecule has 0 saturated heterocycles. The Labute approximate surface area is 73.6 Å². The summed E-state index contributed by atoms with van der Waals surface area (Å²) in [6.07, 6.45) is -0.0971. The Bertz CT molecular complexity index is 413. The Balaban J connectivity index is 3.34. The first-order chi connectivity index (χ1) is 6.20. The van der Waals surface area contributed by atoms with Gasteiger partial charge in [0.15, 0.2) is 11.6 Å². The molecule has 0 bridgehead atoms. The lowest BCUT2D eigenvalue weighted by Crippen LogP contribution is -1.96. The summed E-state index contributed by atoms with van der Waals surface area (Å²) >= 11 is 0. The molecule has 0 unspecified atom stereocenters. The number of hydrogen-bond donors (Lipinski definition) is 0. The maximum absolute atomic E-state index is 12.9. The molecule has 0 heterocycles. The van der Waals surface area contributed by atoms with Crippen molar-refractivity contribution in [2.75, 3.05) is 0 Å². The third-order valence-electron chi connectivity index (χ3n) is 1.56. The van der Waals surface area contributed by atoms with Gasteiger partial charge in [-0.25, -0.2) is 8.78 Å². The highest BCUT2D eigenvalue weighted by atomic mass is 19.2. The fourth-order valence-corrected chi connectivity index (χ4v) is 0.944. The van der Waals surface area contributed by atoms with Crippen LogP contribution < -0.4 is 0 Å². The van der Waals surface area contributed by atoms with Crippen LogP contribution in [-0.2, 0) is 6.42 Å². The number of hydrogen-bond acceptors (Lipinski definition) is 2. The fourth-order valence-electron chi connectivity index (χ4n) is 0.944. The summed E-state index contributed by atoms with van der Waals surface area (Å²) in [7, 11) is 0. The number of rotatable bonds is 1. The van der Waals surface area contributed by atoms with Crippen LogP contribution in [0.5, 0.6) is 0 Å². The molecule has 0 aliphatic heterocycles. The largest absolute Gasteiger partial charge is 0.204 e. The Morgan fingerprint density at radius 2 is 1.92 bits per heavy atom. The molecule has 1 aromatic rings. The predicted molar refractivity (Wildman–Crippen MR) is 40.4 cm³/mol. The normalized spacial score (nSPS) is 8.92. The Kier molecular flexibility index (Phi) is 2.56. The molecule has 4 heteroatoms. The van der Waals surface area contributed by atoms with Crippen LogP contribution in [0, 0.1) is 34.3 Å². The standard InChI is InChI=1S/C9H4F2N2/c10-8-2-1-6(3-4-12)7(5-13)9(8)11/h1-2H,3H2. The molecule has 0 aliphatic carbocycles. The van der Waals surface area contributed by atoms with Crippen LogP contribution in [0.3, 0.4) is 0 Å². The average Bonchev–Trinajstić information content (AvgIpc) is 2.12. The van der Waals surface area contributed by atoms with Crippen LogP contribution >= 0.6 is 0 Å². The SMILES string of the molecule is N#CCc1ccc(F)c(F)c1C#N. The minimum Gasteiger partial charge on any atom is -0.204 e. The van der Waals surface area contributed by atoms with Gasteiger partial charge in [0.05, 0.1) is 18.1 Å². The van der Waals surface area contributed by atoms with E-state index in [9.17, 15) is 8.78 Å². The van der Waals surface area contributed by atoms with E-state index in [1.54, 1.807) is 6.07 Å². The second kappa shape index (κ2) is 3.64. The molecular formula is C9H4F2N2. The first-order valence-corrected chi connectivity index (χ1v) is 3.44. The van der Waals surface area contributed by atoms with Crippen LogP contribution in [0.15, 0.2) is 12.1 Å². The molecule has 0 N–H and O–H groups in total. The van der Waals surface area contributed by atoms with E-state index in [-0.39, 0.29) is 17.5 Å². The number of halogens is 2. The Morgan fingerprint density at radius 1 is 1.23 bits per heavy atom. The Morgan fingerprint density at radius 3 is 2.46 bits per heavy atom. The molecule has 13 heavy (non-hydrogen) atoms. The van der Waals surface area contributed by atoms with Gasteiger partial charge < -0.3 is 0 Å². The monoisotopic (exact) mass is 178 g/mol. The molecule has 0 atom stereocenters. The van der Waals surface area contributed by atoms with E-state index >= 15 is 0 Å². The molecule has 0 saturated carbocycles. The van der Waals surface area contributed by atoms with Gasteiger partial charge in [0.25, 0.3) is 0 Å². The fraction of sp³-hybridized carbons (Fsp3) is 0.111. The molecule has 1 rings (SSSR count). The summed E-state index contributed by atoms with van der Waals surface area (Å²) in [4.78, 5) is 0. The van der Waals surface area contributed by atoms with E-state index in [1.807, 2.05) is 0 Å². The van der Waals surface area contributed by atoms with Crippen LogP contribution in [-0.4, -0.2) is 0 Å². The van der Waals surface area contributed by atoms with Crippen molar-refractivity contribution in [3.05, 3.63) is 34.9 Å². The van der Waals surface area contributed by atoms with E-state index < -0.39 is 11.6 Å². The summed E-state index contributed by atoms with van der Waals surface area (Å²) in [6, 6.07) is 5.43. The summed E-state index contributed by atoms with van der Waals surface area (Å²) in [5.41, 5.74) is -0.176. The molecule has 0 aliphatic rings. The molecular weight excluding hydrogens is 174 g/mol. The lowest BCUT2D eigenvalue weighted by atomic mass is 10.1. The van der Waals surface area contributed by atoms with Crippen LogP contribution in [0.1, 0.15) is 11.1 Å². The zero-order chi connectivity index (χ0) is 9.84. The molecule has 1 aromatic carbocycles. The number of nitriles is 2. The summed E-state index contributed by atoms with van der Waals surface area (Å²) < 4.78 is 25.5. The molecule has 0 amide bonds. The van der Waals surface area contributed by atoms with Crippen molar-refractivity contribution in [2.45, 2.75) is 6.42 Å². The van der Waals surface area contributed by atoms with Gasteiger partial charge in [-0.1, -0.05) is 6.07 Å². The molecule has 2 nitrogen and oxygen atoms in total. The first-order valence-electron chi connectivity index (χ1n) is 3.44. The van der Waals surface area contributed by atoms with Crippen molar-refractivity contribution in [1.29, 1.82) is 10.5 Å². The molecule has 0 spiro atoms. The van der Waals surface area contributed by atoms with Gasteiger partial charge >= 0.3 is 0 Å². The summed E-state index contributed by atoms with van der Waals surface area (Å²) in [6.45, 7) is 0. The smallest absolute Gasteiger partial charge is 0.176 e. The maximum Gasteiger partial charge on any atom is 0.176 e. The van der Waals surface area contributed by atoms with E-state index in [0.717, 1.165) is 6.07 Å². The minimum atomic E-state index is -1.18. The molecule has 0 radical (unpaired) electrons. The number of nitrogens with zero attached hydrogens (tertiary/aromatic N) is 2. The highest BCUT2D eigenvalue weighted by Crippen LogP contribution is 2.16. The molecule has 0 fully saturated rings. The highest BCUT2D eigenvalue weighted by molar-refractivity contribution is 5.40. The van der Waals surface area contributed by atoms with Crippen molar-refractivity contribution in [1.82, 2.24) is 0 Å². The van der Waals surface area contributed by atoms with Crippen LogP contribution in [0.25, 0.3) is 0 Å². The molecule has 0 aromatic heterocycles. The van der Waals surface area contributed by atoms with Crippen molar-refractivity contribution in [2.24, 2.45) is 0 Å². The summed E-state index contributed by atoms with van der Waals surface area (Å²) in [5, 5.41) is 16.8. The highest BCUT2D eigenvalue weighted by Gasteiger charge is 2.12. The van der Waals surface area contributed by atoms with E-state index in [0.29, 0.717) is 0 Å². The first kappa shape index (κ1) is 9.15. The second-order valence-electron chi connectivity index (χ2n) is 2.34. The minimum absolute atomic E-state index is 0.0971. The lowest BCUT2D eigenvalue weighted by molar-refractivity contribution is 0.505. The third-order valence-corrected chi connectivity index (χ3v) is 1.56. The van der Waals surface area contributed by atoms with Crippen molar-refractivity contribution in [3.63, 3.8) is 0 Å². The van der Waals surface area contributed by atoms with Gasteiger partial charge in [-0.2, -0.15) is 10.5 Å². The topological polar surface area (TPSA) is 47.6 Å².